The smallest absolute Gasteiger partial charge is 0.385 e. The van der Waals surface area contributed by atoms with E-state index in [1.54, 1.807) is 0 Å². The van der Waals surface area contributed by atoms with Gasteiger partial charge in [0.05, 0.1) is 18.1 Å². The zero-order valence-electron chi connectivity index (χ0n) is 10.7. The Balaban J connectivity index is 2.23. The molecule has 0 aromatic heterocycles. The van der Waals surface area contributed by atoms with Crippen LogP contribution in [0.3, 0.4) is 0 Å². The van der Waals surface area contributed by atoms with Crippen molar-refractivity contribution in [3.05, 3.63) is 30.3 Å². The van der Waals surface area contributed by atoms with Crippen LogP contribution in [0.5, 0.6) is 0 Å². The predicted molar refractivity (Wildman–Crippen MR) is 75.7 cm³/mol. The highest BCUT2D eigenvalue weighted by Crippen LogP contribution is 2.05. The third-order valence-corrected chi connectivity index (χ3v) is 4.53. The van der Waals surface area contributed by atoms with Gasteiger partial charge in [0.15, 0.2) is 9.84 Å². The fourth-order valence-electron chi connectivity index (χ4n) is 1.45. The number of hydrogen-bond acceptors (Lipinski definition) is 6. The van der Waals surface area contributed by atoms with Crippen LogP contribution in [-0.2, 0) is 24.4 Å². The van der Waals surface area contributed by atoms with Crippen LogP contribution in [0.4, 0.5) is 5.69 Å². The first-order chi connectivity index (χ1) is 9.29. The fraction of sp³-hybridized carbons (Fsp3) is 0.455. The van der Waals surface area contributed by atoms with E-state index in [1.165, 1.54) is 0 Å². The quantitative estimate of drug-likeness (QED) is 0.509. The van der Waals surface area contributed by atoms with Crippen LogP contribution in [0.2, 0.25) is 0 Å². The van der Waals surface area contributed by atoms with Gasteiger partial charge in [-0.05, 0) is 18.6 Å². The minimum absolute atomic E-state index is 0.0817. The fourth-order valence-corrected chi connectivity index (χ4v) is 2.97. The van der Waals surface area contributed by atoms with Crippen LogP contribution >= 0.6 is 0 Å². The molecule has 0 unspecified atom stereocenters. The molecule has 0 aliphatic rings. The third kappa shape index (κ3) is 8.10. The monoisotopic (exact) mass is 323 g/mol. The van der Waals surface area contributed by atoms with Gasteiger partial charge >= 0.3 is 10.4 Å². The van der Waals surface area contributed by atoms with Gasteiger partial charge in [-0.25, -0.2) is 12.6 Å². The van der Waals surface area contributed by atoms with E-state index in [0.717, 1.165) is 5.69 Å². The summed E-state index contributed by atoms with van der Waals surface area (Å²) in [5.41, 5.74) is 0.902. The number of rotatable bonds is 9. The summed E-state index contributed by atoms with van der Waals surface area (Å²) in [5.74, 6) is -0.528. The maximum atomic E-state index is 11.5. The van der Waals surface area contributed by atoms with Crippen LogP contribution in [0.15, 0.2) is 30.3 Å². The summed E-state index contributed by atoms with van der Waals surface area (Å²) in [6, 6.07) is 9.35. The van der Waals surface area contributed by atoms with Gasteiger partial charge in [0.25, 0.3) is 0 Å². The number of benzene rings is 1. The molecule has 1 aromatic carbocycles. The van der Waals surface area contributed by atoms with E-state index in [2.05, 4.69) is 9.50 Å². The van der Waals surface area contributed by atoms with Gasteiger partial charge in [-0.2, -0.15) is 8.42 Å². The first-order valence-corrected chi connectivity index (χ1v) is 9.08. The number of nitrogens with one attached hydrogen (secondary N) is 1. The van der Waals surface area contributed by atoms with Gasteiger partial charge in [0, 0.05) is 12.2 Å². The van der Waals surface area contributed by atoms with Gasteiger partial charge < -0.3 is 5.32 Å². The van der Waals surface area contributed by atoms with E-state index in [0.29, 0.717) is 13.0 Å². The lowest BCUT2D eigenvalue weighted by Crippen LogP contribution is -2.19. The highest BCUT2D eigenvalue weighted by molar-refractivity contribution is 7.91. The molecule has 0 fully saturated rings. The summed E-state index contributed by atoms with van der Waals surface area (Å²) in [6.45, 7) is -0.0876. The predicted octanol–water partition coefficient (Wildman–Crippen LogP) is 0.723. The second-order valence-electron chi connectivity index (χ2n) is 4.05. The van der Waals surface area contributed by atoms with E-state index >= 15 is 0 Å². The van der Waals surface area contributed by atoms with Crippen molar-refractivity contribution in [2.45, 2.75) is 6.42 Å². The van der Waals surface area contributed by atoms with Gasteiger partial charge in [0.1, 0.15) is 0 Å². The number of hydrogen-bond donors (Lipinski definition) is 2. The Hall–Kier alpha value is -1.16. The van der Waals surface area contributed by atoms with E-state index in [4.69, 9.17) is 4.55 Å². The zero-order chi connectivity index (χ0) is 15.1. The minimum Gasteiger partial charge on any atom is -0.385 e. The van der Waals surface area contributed by atoms with Crippen molar-refractivity contribution >= 4 is 25.9 Å². The van der Waals surface area contributed by atoms with E-state index in [9.17, 15) is 16.8 Å². The average Bonchev–Trinajstić information content (AvgIpc) is 2.34. The van der Waals surface area contributed by atoms with Crippen molar-refractivity contribution in [1.29, 1.82) is 0 Å². The molecule has 0 radical (unpaired) electrons. The van der Waals surface area contributed by atoms with Crippen LogP contribution in [0.25, 0.3) is 0 Å². The Morgan fingerprint density at radius 3 is 2.30 bits per heavy atom. The Kier molecular flexibility index (Phi) is 6.40. The standard InChI is InChI=1S/C11H17NO6S2/c13-19(14,10-8-18-20(15,16)17)9-4-7-12-11-5-2-1-3-6-11/h1-3,5-6,12H,4,7-10H2,(H,15,16,17). The van der Waals surface area contributed by atoms with Crippen molar-refractivity contribution in [3.8, 4) is 0 Å². The molecule has 0 saturated carbocycles. The number of sulfone groups is 1. The summed E-state index contributed by atoms with van der Waals surface area (Å²) in [5, 5.41) is 3.07. The molecule has 0 spiro atoms. The molecule has 0 aliphatic carbocycles. The normalized spacial score (nSPS) is 12.2. The van der Waals surface area contributed by atoms with Gasteiger partial charge in [-0.3, -0.25) is 4.55 Å². The van der Waals surface area contributed by atoms with Crippen LogP contribution in [-0.4, -0.2) is 46.0 Å². The molecule has 0 bridgehead atoms. The van der Waals surface area contributed by atoms with Crippen molar-refractivity contribution in [2.24, 2.45) is 0 Å². The van der Waals surface area contributed by atoms with Crippen LogP contribution in [0, 0.1) is 0 Å². The largest absolute Gasteiger partial charge is 0.397 e. The minimum atomic E-state index is -4.58. The van der Waals surface area contributed by atoms with E-state index in [1.807, 2.05) is 30.3 Å². The molecular formula is C11H17NO6S2. The summed E-state index contributed by atoms with van der Waals surface area (Å²) >= 11 is 0. The third-order valence-electron chi connectivity index (χ3n) is 2.36. The lowest BCUT2D eigenvalue weighted by atomic mass is 10.3. The molecule has 1 aromatic rings. The maximum Gasteiger partial charge on any atom is 0.397 e. The molecular weight excluding hydrogens is 306 g/mol. The molecule has 7 nitrogen and oxygen atoms in total. The van der Waals surface area contributed by atoms with Gasteiger partial charge in [-0.15, -0.1) is 0 Å². The Labute approximate surface area is 118 Å². The summed E-state index contributed by atoms with van der Waals surface area (Å²) in [7, 11) is -7.98. The molecule has 2 N–H and O–H groups in total. The molecule has 0 aliphatic heterocycles. The summed E-state index contributed by atoms with van der Waals surface area (Å²) < 4.78 is 55.9. The number of anilines is 1. The van der Waals surface area contributed by atoms with Crippen LogP contribution < -0.4 is 5.32 Å². The van der Waals surface area contributed by atoms with E-state index in [-0.39, 0.29) is 5.75 Å². The van der Waals surface area contributed by atoms with Gasteiger partial charge in [-0.1, -0.05) is 18.2 Å². The SMILES string of the molecule is O=S(=O)(CCCNc1ccccc1)CCOS(=O)(=O)O. The molecule has 1 rings (SSSR count). The summed E-state index contributed by atoms with van der Waals surface area (Å²) in [6.07, 6.45) is 0.392. The zero-order valence-corrected chi connectivity index (χ0v) is 12.4. The van der Waals surface area contributed by atoms with Crippen molar-refractivity contribution < 1.29 is 25.6 Å². The highest BCUT2D eigenvalue weighted by atomic mass is 32.3. The first-order valence-electron chi connectivity index (χ1n) is 5.90. The highest BCUT2D eigenvalue weighted by Gasteiger charge is 2.13. The topological polar surface area (TPSA) is 110 Å². The lowest BCUT2D eigenvalue weighted by Gasteiger charge is -2.06. The van der Waals surface area contributed by atoms with E-state index < -0.39 is 32.6 Å². The molecule has 0 amide bonds. The summed E-state index contributed by atoms with van der Waals surface area (Å²) in [4.78, 5) is 0. The Morgan fingerprint density at radius 1 is 1.05 bits per heavy atom. The Bertz CT molecular complexity index is 597. The average molecular weight is 323 g/mol. The van der Waals surface area contributed by atoms with Crippen molar-refractivity contribution in [1.82, 2.24) is 0 Å². The molecule has 0 heterocycles. The second kappa shape index (κ2) is 7.58. The van der Waals surface area contributed by atoms with Gasteiger partial charge in [0.2, 0.25) is 0 Å². The molecule has 20 heavy (non-hydrogen) atoms. The molecule has 0 atom stereocenters. The van der Waals surface area contributed by atoms with Crippen molar-refractivity contribution in [3.63, 3.8) is 0 Å². The van der Waals surface area contributed by atoms with Crippen molar-refractivity contribution in [2.75, 3.05) is 30.0 Å². The molecule has 114 valence electrons. The number of para-hydroxylation sites is 1. The Morgan fingerprint density at radius 2 is 1.70 bits per heavy atom. The lowest BCUT2D eigenvalue weighted by molar-refractivity contribution is 0.284. The second-order valence-corrected chi connectivity index (χ2v) is 7.44. The molecule has 9 heteroatoms. The van der Waals surface area contributed by atoms with Crippen LogP contribution in [0.1, 0.15) is 6.42 Å². The maximum absolute atomic E-state index is 11.5. The molecule has 0 saturated heterocycles. The first kappa shape index (κ1) is 16.9.